The first-order valence-corrected chi connectivity index (χ1v) is 18.4. The highest BCUT2D eigenvalue weighted by molar-refractivity contribution is 5.87. The van der Waals surface area contributed by atoms with Gasteiger partial charge in [0.25, 0.3) is 0 Å². The van der Waals surface area contributed by atoms with Crippen molar-refractivity contribution in [2.45, 2.75) is 77.5 Å². The van der Waals surface area contributed by atoms with E-state index in [4.69, 9.17) is 14.6 Å². The zero-order valence-electron chi connectivity index (χ0n) is 31.6. The average molecular weight is 737 g/mol. The lowest BCUT2D eigenvalue weighted by atomic mass is 10.0. The van der Waals surface area contributed by atoms with Crippen molar-refractivity contribution in [2.75, 3.05) is 27.3 Å². The Balaban J connectivity index is 1.12. The number of aromatic amines is 2. The van der Waals surface area contributed by atoms with Gasteiger partial charge in [-0.25, -0.2) is 19.8 Å². The molecule has 4 atom stereocenters. The summed E-state index contributed by atoms with van der Waals surface area (Å²) in [5, 5.41) is 2.69. The molecule has 6 rings (SSSR count). The van der Waals surface area contributed by atoms with E-state index >= 15 is 0 Å². The Morgan fingerprint density at radius 3 is 2.22 bits per heavy atom. The second kappa shape index (κ2) is 17.0. The molecule has 0 radical (unpaired) electrons. The van der Waals surface area contributed by atoms with Gasteiger partial charge < -0.3 is 34.7 Å². The van der Waals surface area contributed by atoms with Gasteiger partial charge >= 0.3 is 6.09 Å². The highest BCUT2D eigenvalue weighted by Gasteiger charge is 2.38. The first-order chi connectivity index (χ1) is 26.1. The molecule has 3 amide bonds. The number of rotatable bonds is 11. The maximum atomic E-state index is 13.5. The van der Waals surface area contributed by atoms with Crippen LogP contribution in [0.2, 0.25) is 0 Å². The van der Waals surface area contributed by atoms with Crippen LogP contribution in [0.1, 0.15) is 88.2 Å². The number of benzene rings is 2. The predicted molar refractivity (Wildman–Crippen MR) is 203 cm³/mol. The Hall–Kier alpha value is -5.68. The van der Waals surface area contributed by atoms with Gasteiger partial charge in [-0.15, -0.1) is 0 Å². The van der Waals surface area contributed by atoms with Gasteiger partial charge in [-0.2, -0.15) is 4.89 Å². The first-order valence-electron chi connectivity index (χ1n) is 18.4. The van der Waals surface area contributed by atoms with Crippen LogP contribution in [0.5, 0.6) is 0 Å². The maximum absolute atomic E-state index is 13.5. The topological polar surface area (TPSA) is 167 Å². The fourth-order valence-corrected chi connectivity index (χ4v) is 7.13. The zero-order valence-corrected chi connectivity index (χ0v) is 31.6. The molecule has 2 aliphatic rings. The normalized spacial score (nSPS) is 18.3. The predicted octanol–water partition coefficient (Wildman–Crippen LogP) is 5.69. The summed E-state index contributed by atoms with van der Waals surface area (Å²) in [4.78, 5) is 72.7. The summed E-state index contributed by atoms with van der Waals surface area (Å²) in [7, 11) is 2.68. The molecule has 2 aliphatic heterocycles. The molecule has 2 aromatic heterocycles. The minimum absolute atomic E-state index is 0.0139. The van der Waals surface area contributed by atoms with Crippen molar-refractivity contribution in [3.63, 3.8) is 0 Å². The molecule has 0 bridgehead atoms. The van der Waals surface area contributed by atoms with E-state index in [1.165, 1.54) is 20.6 Å². The number of nitrogens with zero attached hydrogens (tertiary/aromatic N) is 5. The Morgan fingerprint density at radius 2 is 1.56 bits per heavy atom. The third kappa shape index (κ3) is 8.42. The van der Waals surface area contributed by atoms with E-state index in [-0.39, 0.29) is 35.7 Å². The van der Waals surface area contributed by atoms with Crippen LogP contribution in [-0.2, 0) is 24.1 Å². The maximum Gasteiger partial charge on any atom is 0.407 e. The molecular weight excluding hydrogens is 688 g/mol. The van der Waals surface area contributed by atoms with Gasteiger partial charge in [0.05, 0.1) is 49.2 Å². The Bertz CT molecular complexity index is 2040. The minimum Gasteiger partial charge on any atom is -0.453 e. The van der Waals surface area contributed by atoms with Crippen molar-refractivity contribution in [3.8, 4) is 23.1 Å². The molecule has 14 nitrogen and oxygen atoms in total. The minimum atomic E-state index is -0.693. The van der Waals surface area contributed by atoms with Crippen LogP contribution in [0.4, 0.5) is 4.79 Å². The van der Waals surface area contributed by atoms with Gasteiger partial charge in [-0.3, -0.25) is 9.59 Å². The van der Waals surface area contributed by atoms with Gasteiger partial charge in [-0.05, 0) is 73.4 Å². The van der Waals surface area contributed by atoms with Crippen molar-refractivity contribution >= 4 is 35.3 Å². The number of hydrogen-bond acceptors (Lipinski definition) is 9. The number of carbonyl (C=O) groups is 3. The smallest absolute Gasteiger partial charge is 0.407 e. The van der Waals surface area contributed by atoms with Gasteiger partial charge in [0.1, 0.15) is 23.7 Å². The average Bonchev–Trinajstić information content (AvgIpc) is 4.00. The van der Waals surface area contributed by atoms with E-state index in [0.717, 1.165) is 64.9 Å². The van der Waals surface area contributed by atoms with E-state index < -0.39 is 18.2 Å². The SMILES string of the molecule is COOC=N[C@H](C(=O)N1CCC[C@H]1c1ncc(-c2ccc(C#Cc3ccc4nc([C@@H]5CCCN5C(=O)[C@@H](NC(=O)OC)C(C)C)[nH]c4c3)cc2)[nH]1)C(C)C. The van der Waals surface area contributed by atoms with E-state index in [2.05, 4.69) is 42.0 Å². The second-order valence-corrected chi connectivity index (χ2v) is 14.3. The fraction of sp³-hybridized carbons (Fsp3) is 0.450. The summed E-state index contributed by atoms with van der Waals surface area (Å²) in [6.07, 6.45) is 5.67. The molecule has 0 unspecified atom stereocenters. The molecule has 14 heteroatoms. The number of aromatic nitrogens is 4. The van der Waals surface area contributed by atoms with Crippen molar-refractivity contribution in [3.05, 3.63) is 71.4 Å². The molecule has 4 aromatic rings. The Labute approximate surface area is 315 Å². The lowest BCUT2D eigenvalue weighted by molar-refractivity contribution is -0.188. The molecular formula is C40H48N8O6. The van der Waals surface area contributed by atoms with Crippen LogP contribution in [0.25, 0.3) is 22.3 Å². The molecule has 0 saturated carbocycles. The van der Waals surface area contributed by atoms with Crippen LogP contribution in [0, 0.1) is 23.7 Å². The number of nitrogens with one attached hydrogen (secondary N) is 3. The largest absolute Gasteiger partial charge is 0.453 e. The highest BCUT2D eigenvalue weighted by Crippen LogP contribution is 2.34. The molecule has 2 aromatic carbocycles. The molecule has 4 heterocycles. The van der Waals surface area contributed by atoms with Crippen molar-refractivity contribution in [1.29, 1.82) is 0 Å². The third-order valence-electron chi connectivity index (χ3n) is 9.98. The number of ether oxygens (including phenoxy) is 1. The Kier molecular flexibility index (Phi) is 12.0. The number of alkyl carbamates (subject to hydrolysis) is 1. The van der Waals surface area contributed by atoms with Crippen molar-refractivity contribution in [1.82, 2.24) is 35.1 Å². The molecule has 54 heavy (non-hydrogen) atoms. The number of hydrogen-bond donors (Lipinski definition) is 3. The second-order valence-electron chi connectivity index (χ2n) is 14.3. The summed E-state index contributed by atoms with van der Waals surface area (Å²) >= 11 is 0. The monoisotopic (exact) mass is 736 g/mol. The molecule has 2 fully saturated rings. The number of carbonyl (C=O) groups excluding carboxylic acids is 3. The number of likely N-dealkylation sites (tertiary alicyclic amines) is 2. The quantitative estimate of drug-likeness (QED) is 0.0581. The highest BCUT2D eigenvalue weighted by atomic mass is 17.2. The van der Waals surface area contributed by atoms with E-state index in [0.29, 0.717) is 18.9 Å². The summed E-state index contributed by atoms with van der Waals surface area (Å²) in [6, 6.07) is 12.1. The number of fused-ring (bicyclic) bond motifs is 1. The van der Waals surface area contributed by atoms with Gasteiger partial charge in [0.2, 0.25) is 18.2 Å². The number of amides is 3. The van der Waals surface area contributed by atoms with Crippen LogP contribution in [0.15, 0.2) is 53.7 Å². The first kappa shape index (κ1) is 38.1. The van der Waals surface area contributed by atoms with E-state index in [1.807, 2.05) is 75.1 Å². The van der Waals surface area contributed by atoms with Crippen LogP contribution in [0.3, 0.4) is 0 Å². The van der Waals surface area contributed by atoms with E-state index in [1.54, 1.807) is 11.1 Å². The number of aliphatic imine (C=N–C) groups is 1. The lowest BCUT2D eigenvalue weighted by Crippen LogP contribution is -2.51. The molecule has 0 spiro atoms. The fourth-order valence-electron chi connectivity index (χ4n) is 7.13. The van der Waals surface area contributed by atoms with Crippen LogP contribution < -0.4 is 5.32 Å². The molecule has 284 valence electrons. The number of H-pyrrole nitrogens is 2. The van der Waals surface area contributed by atoms with Crippen molar-refractivity contribution < 1.29 is 28.9 Å². The lowest BCUT2D eigenvalue weighted by Gasteiger charge is -2.29. The molecule has 2 saturated heterocycles. The van der Waals surface area contributed by atoms with Gasteiger partial charge in [-0.1, -0.05) is 51.7 Å². The van der Waals surface area contributed by atoms with E-state index in [9.17, 15) is 14.4 Å². The summed E-state index contributed by atoms with van der Waals surface area (Å²) < 4.78 is 4.75. The Morgan fingerprint density at radius 1 is 0.889 bits per heavy atom. The number of imidazole rings is 2. The van der Waals surface area contributed by atoms with Crippen LogP contribution in [-0.4, -0.2) is 93.4 Å². The summed E-state index contributed by atoms with van der Waals surface area (Å²) in [5.41, 5.74) is 5.13. The van der Waals surface area contributed by atoms with Crippen molar-refractivity contribution in [2.24, 2.45) is 16.8 Å². The van der Waals surface area contributed by atoms with Crippen LogP contribution >= 0.6 is 0 Å². The number of methoxy groups -OCH3 is 1. The molecule has 0 aliphatic carbocycles. The zero-order chi connectivity index (χ0) is 38.4. The molecule has 3 N–H and O–H groups in total. The standard InChI is InChI=1S/C40H48N8O6/c1-24(2)34(42-23-54-53-6)38(49)47-19-7-9-32(47)36-41-22-31(45-36)28-16-13-26(14-17-28)11-12-27-15-18-29-30(21-27)44-37(43-29)33-10-8-20-48(33)39(50)35(25(3)4)46-40(51)52-5/h13-18,21-25,32-35H,7-10,19-20H2,1-6H3,(H,41,45)(H,43,44)(H,46,51)/t32-,33-,34-,35-/m0/s1. The summed E-state index contributed by atoms with van der Waals surface area (Å²) in [6.45, 7) is 8.94. The van der Waals surface area contributed by atoms with Gasteiger partial charge in [0, 0.05) is 24.2 Å². The van der Waals surface area contributed by atoms with Gasteiger partial charge in [0.15, 0.2) is 0 Å². The summed E-state index contributed by atoms with van der Waals surface area (Å²) in [5.74, 6) is 7.66. The third-order valence-corrected chi connectivity index (χ3v) is 9.98.